The fourth-order valence-corrected chi connectivity index (χ4v) is 6.39. The first kappa shape index (κ1) is 52.2. The van der Waals surface area contributed by atoms with E-state index in [0.29, 0.717) is 83.5 Å². The highest BCUT2D eigenvalue weighted by Crippen LogP contribution is 2.23. The van der Waals surface area contributed by atoms with Crippen LogP contribution in [0.1, 0.15) is 83.5 Å². The molecule has 4 aromatic carbocycles. The lowest BCUT2D eigenvalue weighted by molar-refractivity contribution is 0.0784. The van der Waals surface area contributed by atoms with Crippen LogP contribution in [0.4, 0.5) is 0 Å². The molecule has 0 aliphatic carbocycles. The van der Waals surface area contributed by atoms with Gasteiger partial charge in [0.15, 0.2) is 0 Å². The van der Waals surface area contributed by atoms with E-state index in [1.165, 1.54) is 0 Å². The molecule has 4 rings (SSSR count). The lowest BCUT2D eigenvalue weighted by Crippen LogP contribution is -2.06. The van der Waals surface area contributed by atoms with Crippen LogP contribution in [-0.2, 0) is 68.1 Å². The van der Waals surface area contributed by atoms with Crippen LogP contribution >= 0.6 is 0 Å². The number of nitrogens with zero attached hydrogens (tertiary/aromatic N) is 3. The second-order valence-electron chi connectivity index (χ2n) is 14.1. The monoisotopic (exact) mass is 897 g/mol. The molecule has 0 atom stereocenters. The van der Waals surface area contributed by atoms with E-state index in [4.69, 9.17) is 28.4 Å². The summed E-state index contributed by atoms with van der Waals surface area (Å²) in [5, 5.41) is 85.8. The average Bonchev–Trinajstić information content (AvgIpc) is 3.33. The summed E-state index contributed by atoms with van der Waals surface area (Å²) in [6, 6.07) is 21.6. The van der Waals surface area contributed by atoms with Gasteiger partial charge in [-0.3, -0.25) is 0 Å². The van der Waals surface area contributed by atoms with Gasteiger partial charge in [-0.05, 0) is 88.0 Å². The summed E-state index contributed by atoms with van der Waals surface area (Å²) < 4.78 is 33.9. The molecular weight excluding hydrogens is 847 g/mol. The van der Waals surface area contributed by atoms with E-state index < -0.39 is 0 Å². The van der Waals surface area contributed by atoms with Crippen molar-refractivity contribution in [2.24, 2.45) is 0 Å². The third-order valence-corrected chi connectivity index (χ3v) is 9.18. The van der Waals surface area contributed by atoms with E-state index in [1.807, 2.05) is 0 Å². The quantitative estimate of drug-likeness (QED) is 0.0437. The molecule has 6 N–H and O–H groups in total. The summed E-state index contributed by atoms with van der Waals surface area (Å²) >= 11 is 0. The Morgan fingerprint density at radius 2 is 0.485 bits per heavy atom. The first-order valence-corrected chi connectivity index (χ1v) is 20.8. The normalized spacial score (nSPS) is 10.4. The van der Waals surface area contributed by atoms with Crippen molar-refractivity contribution in [2.75, 3.05) is 79.3 Å². The Kier molecular flexibility index (Phi) is 23.6. The van der Waals surface area contributed by atoms with Crippen LogP contribution in [0.3, 0.4) is 0 Å². The smallest absolute Gasteiger partial charge is 0.0991 e. The van der Waals surface area contributed by atoms with Gasteiger partial charge in [0.1, 0.15) is 0 Å². The standard InChI is InChI=1S/C51H51N3O12/c52-28-40-22-43(31-61-13-7-55)49(44(23-40)32-62-14-8-56)4-1-37-19-38(2-5-50-45(33-63-15-9-57)24-41(29-53)25-46(50)34-64-16-10-58)21-39(20-37)3-6-51-47(35-65-17-11-59)26-42(30-54)27-48(51)36-66-18-12-60/h19-27,55-60H,7-18,31-36H2. The van der Waals surface area contributed by atoms with Gasteiger partial charge in [0.05, 0.1) is 154 Å². The van der Waals surface area contributed by atoms with Crippen molar-refractivity contribution in [3.63, 3.8) is 0 Å². The van der Waals surface area contributed by atoms with Crippen molar-refractivity contribution in [2.45, 2.75) is 39.6 Å². The minimum absolute atomic E-state index is 0.0356. The zero-order valence-corrected chi connectivity index (χ0v) is 36.4. The minimum Gasteiger partial charge on any atom is -0.394 e. The molecule has 0 aliphatic rings. The van der Waals surface area contributed by atoms with Crippen LogP contribution in [0.2, 0.25) is 0 Å². The summed E-state index contributed by atoms with van der Waals surface area (Å²) in [5.41, 5.74) is 7.50. The molecule has 15 nitrogen and oxygen atoms in total. The summed E-state index contributed by atoms with van der Waals surface area (Å²) in [6.07, 6.45) is 0. The maximum Gasteiger partial charge on any atom is 0.0991 e. The van der Waals surface area contributed by atoms with E-state index in [-0.39, 0.29) is 119 Å². The van der Waals surface area contributed by atoms with Crippen LogP contribution in [-0.4, -0.2) is 110 Å². The number of hydrogen-bond acceptors (Lipinski definition) is 15. The van der Waals surface area contributed by atoms with Crippen LogP contribution in [0.15, 0.2) is 54.6 Å². The SMILES string of the molecule is N#Cc1cc(COCCO)c(C#Cc2cc(C#Cc3c(COCCO)cc(C#N)cc3COCCO)cc(C#Cc3c(COCCO)cc(C#N)cc3COCCO)c2)c(COCCO)c1. The molecule has 0 bridgehead atoms. The lowest BCUT2D eigenvalue weighted by atomic mass is 9.97. The number of hydrogen-bond donors (Lipinski definition) is 6. The van der Waals surface area contributed by atoms with Gasteiger partial charge in [-0.1, -0.05) is 35.5 Å². The van der Waals surface area contributed by atoms with Crippen molar-refractivity contribution < 1.29 is 59.1 Å². The maximum absolute atomic E-state index is 9.82. The molecule has 0 aromatic heterocycles. The summed E-state index contributed by atoms with van der Waals surface area (Å²) in [5.74, 6) is 19.4. The molecule has 15 heteroatoms. The van der Waals surface area contributed by atoms with Crippen molar-refractivity contribution in [3.8, 4) is 53.7 Å². The predicted octanol–water partition coefficient (Wildman–Crippen LogP) is 2.55. The van der Waals surface area contributed by atoms with Gasteiger partial charge in [-0.15, -0.1) is 0 Å². The molecule has 4 aromatic rings. The third kappa shape index (κ3) is 16.8. The molecule has 0 amide bonds. The number of rotatable bonds is 24. The van der Waals surface area contributed by atoms with E-state index >= 15 is 0 Å². The molecular formula is C51H51N3O12. The summed E-state index contributed by atoms with van der Waals surface area (Å²) in [7, 11) is 0. The van der Waals surface area contributed by atoms with Gasteiger partial charge >= 0.3 is 0 Å². The molecule has 0 spiro atoms. The molecule has 0 unspecified atom stereocenters. The highest BCUT2D eigenvalue weighted by atomic mass is 16.5. The first-order chi connectivity index (χ1) is 32.3. The Hall–Kier alpha value is -6.45. The Balaban J connectivity index is 2.00. The zero-order valence-electron chi connectivity index (χ0n) is 36.4. The van der Waals surface area contributed by atoms with Crippen molar-refractivity contribution in [1.29, 1.82) is 15.8 Å². The topological polar surface area (TPSA) is 248 Å². The molecule has 342 valence electrons. The predicted molar refractivity (Wildman–Crippen MR) is 238 cm³/mol. The minimum atomic E-state index is -0.212. The Morgan fingerprint density at radius 1 is 0.288 bits per heavy atom. The summed E-state index contributed by atoms with van der Waals surface area (Å²) in [4.78, 5) is 0. The van der Waals surface area contributed by atoms with Crippen LogP contribution in [0.5, 0.6) is 0 Å². The highest BCUT2D eigenvalue weighted by Gasteiger charge is 2.14. The van der Waals surface area contributed by atoms with Gasteiger partial charge < -0.3 is 59.1 Å². The van der Waals surface area contributed by atoms with Crippen LogP contribution in [0, 0.1) is 69.5 Å². The van der Waals surface area contributed by atoms with Crippen molar-refractivity contribution in [1.82, 2.24) is 0 Å². The van der Waals surface area contributed by atoms with E-state index in [1.54, 1.807) is 54.6 Å². The van der Waals surface area contributed by atoms with Crippen molar-refractivity contribution >= 4 is 0 Å². The van der Waals surface area contributed by atoms with E-state index in [0.717, 1.165) is 0 Å². The number of benzene rings is 4. The third-order valence-electron chi connectivity index (χ3n) is 9.18. The fourth-order valence-electron chi connectivity index (χ4n) is 6.39. The Bertz CT molecular complexity index is 2170. The molecule has 0 fully saturated rings. The largest absolute Gasteiger partial charge is 0.394 e. The van der Waals surface area contributed by atoms with E-state index in [9.17, 15) is 46.4 Å². The summed E-state index contributed by atoms with van der Waals surface area (Å²) in [6.45, 7) is -0.744. The molecule has 0 saturated heterocycles. The fraction of sp³-hybridized carbons (Fsp3) is 0.353. The van der Waals surface area contributed by atoms with Gasteiger partial charge in [-0.2, -0.15) is 15.8 Å². The average molecular weight is 898 g/mol. The van der Waals surface area contributed by atoms with E-state index in [2.05, 4.69) is 53.7 Å². The second-order valence-corrected chi connectivity index (χ2v) is 14.1. The van der Waals surface area contributed by atoms with Gasteiger partial charge in [-0.25, -0.2) is 0 Å². The first-order valence-electron chi connectivity index (χ1n) is 20.8. The zero-order chi connectivity index (χ0) is 47.4. The number of nitriles is 3. The molecule has 0 heterocycles. The number of ether oxygens (including phenoxy) is 6. The maximum atomic E-state index is 9.82. The lowest BCUT2D eigenvalue weighted by Gasteiger charge is -2.13. The van der Waals surface area contributed by atoms with Crippen molar-refractivity contribution in [3.05, 3.63) is 138 Å². The van der Waals surface area contributed by atoms with Gasteiger partial charge in [0.2, 0.25) is 0 Å². The Morgan fingerprint density at radius 3 is 0.652 bits per heavy atom. The van der Waals surface area contributed by atoms with Gasteiger partial charge in [0.25, 0.3) is 0 Å². The van der Waals surface area contributed by atoms with Crippen LogP contribution in [0.25, 0.3) is 0 Å². The van der Waals surface area contributed by atoms with Gasteiger partial charge in [0, 0.05) is 33.4 Å². The molecule has 66 heavy (non-hydrogen) atoms. The number of aliphatic hydroxyl groups is 6. The molecule has 0 aliphatic heterocycles. The second kappa shape index (κ2) is 29.9. The number of aliphatic hydroxyl groups excluding tert-OH is 6. The highest BCUT2D eigenvalue weighted by molar-refractivity contribution is 5.60. The Labute approximate surface area is 384 Å². The molecule has 0 radical (unpaired) electrons. The van der Waals surface area contributed by atoms with Crippen LogP contribution < -0.4 is 0 Å². The molecule has 0 saturated carbocycles.